The summed E-state index contributed by atoms with van der Waals surface area (Å²) in [5.41, 5.74) is 32.3. The van der Waals surface area contributed by atoms with Crippen molar-refractivity contribution in [2.75, 3.05) is 18.0 Å². The maximum absolute atomic E-state index is 13.0. The van der Waals surface area contributed by atoms with Crippen LogP contribution in [-0.4, -0.2) is 52.1 Å². The van der Waals surface area contributed by atoms with Gasteiger partial charge in [-0.25, -0.2) is 16.8 Å². The summed E-state index contributed by atoms with van der Waals surface area (Å²) < 4.78 is 81.3. The normalized spacial score (nSPS) is 19.8. The van der Waals surface area contributed by atoms with E-state index in [0.29, 0.717) is 69.5 Å². The molecule has 552 valence electrons. The van der Waals surface area contributed by atoms with Gasteiger partial charge in [-0.05, 0) is 309 Å². The predicted octanol–water partition coefficient (Wildman–Crippen LogP) is 21.3. The van der Waals surface area contributed by atoms with E-state index in [1.807, 2.05) is 62.4 Å². The van der Waals surface area contributed by atoms with Gasteiger partial charge >= 0.3 is 0 Å². The highest BCUT2D eigenvalue weighted by Crippen LogP contribution is 2.41. The molecule has 102 heavy (non-hydrogen) atoms. The summed E-state index contributed by atoms with van der Waals surface area (Å²) in [6, 6.07) is 58.1. The molecule has 3 aliphatic rings. The molecule has 0 bridgehead atoms. The van der Waals surface area contributed by atoms with E-state index in [2.05, 4.69) is 60.8 Å². The molecule has 8 aromatic rings. The zero-order valence-corrected chi connectivity index (χ0v) is 66.1. The monoisotopic (exact) mass is 1460 g/mol. The molecule has 3 fully saturated rings. The number of sulfone groups is 2. The smallest absolute Gasteiger partial charge is 0.206 e. The minimum absolute atomic E-state index is 0.180. The van der Waals surface area contributed by atoms with Gasteiger partial charge in [0.1, 0.15) is 46.0 Å². The Labute approximate surface area is 614 Å². The first-order chi connectivity index (χ1) is 48.5. The van der Waals surface area contributed by atoms with Crippen LogP contribution in [0.1, 0.15) is 136 Å². The highest BCUT2D eigenvalue weighted by atomic mass is 32.2. The molecule has 3 aliphatic carbocycles. The first-order valence-electron chi connectivity index (χ1n) is 36.9. The summed E-state index contributed by atoms with van der Waals surface area (Å²) in [4.78, 5) is 0.744. The van der Waals surface area contributed by atoms with Crippen molar-refractivity contribution in [3.8, 4) is 46.0 Å². The Morgan fingerprint density at radius 2 is 0.833 bits per heavy atom. The third kappa shape index (κ3) is 27.4. The number of hydrogen-bond donors (Lipinski definition) is 5. The number of aryl methyl sites for hydroxylation is 2. The molecule has 0 aliphatic heterocycles. The molecule has 0 radical (unpaired) electrons. The van der Waals surface area contributed by atoms with Crippen LogP contribution in [0.2, 0.25) is 38.3 Å². The molecular formula is C84H117N5O9S2Si2. The van der Waals surface area contributed by atoms with Crippen molar-refractivity contribution in [2.45, 2.75) is 208 Å². The maximum atomic E-state index is 13.0. The van der Waals surface area contributed by atoms with E-state index in [0.717, 1.165) is 59.6 Å². The van der Waals surface area contributed by atoms with Crippen LogP contribution in [-0.2, 0) is 23.8 Å². The minimum atomic E-state index is -3.66. The fourth-order valence-corrected chi connectivity index (χ4v) is 25.1. The first-order valence-corrected chi connectivity index (χ1v) is 46.1. The van der Waals surface area contributed by atoms with Crippen molar-refractivity contribution in [2.24, 2.45) is 52.7 Å². The van der Waals surface area contributed by atoms with Crippen LogP contribution in [0.3, 0.4) is 0 Å². The Morgan fingerprint density at radius 3 is 1.24 bits per heavy atom. The van der Waals surface area contributed by atoms with Crippen LogP contribution in [0.25, 0.3) is 0 Å². The summed E-state index contributed by atoms with van der Waals surface area (Å²) >= 11 is 0. The van der Waals surface area contributed by atoms with Gasteiger partial charge in [0, 0.05) is 29.5 Å². The molecule has 0 amide bonds. The summed E-state index contributed by atoms with van der Waals surface area (Å²) in [5, 5.41) is 0. The number of rotatable bonds is 22. The topological polar surface area (TPSA) is 245 Å². The predicted molar refractivity (Wildman–Crippen MR) is 426 cm³/mol. The van der Waals surface area contributed by atoms with Crippen LogP contribution in [0.15, 0.2) is 214 Å². The second-order valence-corrected chi connectivity index (χ2v) is 42.7. The average Bonchev–Trinajstić information content (AvgIpc) is 0.805. The van der Waals surface area contributed by atoms with Crippen LogP contribution in [0.4, 0.5) is 11.4 Å². The fraction of sp³-hybridized carbons (Fsp3) is 0.429. The molecule has 18 heteroatoms. The molecule has 8 unspecified atom stereocenters. The lowest BCUT2D eigenvalue weighted by molar-refractivity contribution is 0.152. The maximum Gasteiger partial charge on any atom is 0.206 e. The van der Waals surface area contributed by atoms with Crippen molar-refractivity contribution in [1.29, 1.82) is 0 Å². The average molecular weight is 1460 g/mol. The van der Waals surface area contributed by atoms with Crippen molar-refractivity contribution >= 4 is 47.7 Å². The molecule has 8 aromatic carbocycles. The number of anilines is 2. The van der Waals surface area contributed by atoms with Gasteiger partial charge in [-0.1, -0.05) is 109 Å². The molecule has 0 saturated heterocycles. The fourth-order valence-electron chi connectivity index (χ4n) is 13.5. The van der Waals surface area contributed by atoms with E-state index in [1.165, 1.54) is 144 Å². The number of nitrogen functional groups attached to an aromatic ring is 2. The van der Waals surface area contributed by atoms with Crippen LogP contribution < -0.4 is 47.6 Å². The van der Waals surface area contributed by atoms with Crippen LogP contribution in [0.5, 0.6) is 46.0 Å². The Morgan fingerprint density at radius 1 is 0.422 bits per heavy atom. The summed E-state index contributed by atoms with van der Waals surface area (Å²) in [6.07, 6.45) is 19.0. The molecule has 10 N–H and O–H groups in total. The lowest BCUT2D eigenvalue weighted by Gasteiger charge is -2.37. The molecule has 11 rings (SSSR count). The zero-order chi connectivity index (χ0) is 74.0. The Balaban J connectivity index is 0.000000191. The van der Waals surface area contributed by atoms with Crippen molar-refractivity contribution in [3.63, 3.8) is 0 Å². The third-order valence-corrected chi connectivity index (χ3v) is 30.7. The summed E-state index contributed by atoms with van der Waals surface area (Å²) in [6.45, 7) is 26.0. The lowest BCUT2D eigenvalue weighted by atomic mass is 9.69. The SMILES string of the molecule is CC1CCC(CC2CCC(N)C(C)C2)CC1C.CC1CCCC(N)C1.CCCC[Si](C)(C)O[Si](C)(C)CCCN.Cc1ccc(Oc2ccc(S(=O)(=O)c3ccc(Oc4ccc(N)cc4)cc3)cc2)cc1.Cc1cccc(Oc2ccc(S(=O)(=O)c3ccc(Oc4cccc(N)c4)cc3)cc2)c1. The summed E-state index contributed by atoms with van der Waals surface area (Å²) in [7, 11) is -10.1. The van der Waals surface area contributed by atoms with E-state index >= 15 is 0 Å². The van der Waals surface area contributed by atoms with E-state index in [9.17, 15) is 16.8 Å². The Bertz CT molecular complexity index is 3770. The molecular weight excluding hydrogens is 1340 g/mol. The molecule has 0 aromatic heterocycles. The number of benzene rings is 8. The molecule has 0 heterocycles. The standard InChI is InChI=1S/2C25H21NO4S.C16H31N.C11H29NOSi2.C7H15N/c1-18-2-6-20(7-3-18)29-22-10-14-24(15-11-22)31(27,28)25-16-12-23(13-17-25)30-21-8-4-19(26)5-9-21;1-18-4-2-6-22(16-18)29-20-8-12-24(13-9-20)31(27,28)25-14-10-21(11-15-25)30-23-7-3-5-19(26)17-23;1-11-4-5-14(8-12(11)2)10-15-6-7-16(17)13(3)9-15;1-6-7-10-14(2,3)13-15(4,5)11-8-9-12;1-6-3-2-4-7(8)5-6/h2*2-17H,26H2,1H3;11-16H,4-10,17H2,1-3H3;6-12H2,1-5H3;6-7H,2-5,8H2,1H3. The third-order valence-electron chi connectivity index (χ3n) is 19.6. The van der Waals surface area contributed by atoms with Gasteiger partial charge in [0.25, 0.3) is 0 Å². The van der Waals surface area contributed by atoms with E-state index in [-0.39, 0.29) is 19.6 Å². The van der Waals surface area contributed by atoms with Gasteiger partial charge in [0.2, 0.25) is 19.7 Å². The highest BCUT2D eigenvalue weighted by Gasteiger charge is 2.33. The molecule has 14 nitrogen and oxygen atoms in total. The largest absolute Gasteiger partial charge is 0.457 e. The molecule has 3 saturated carbocycles. The van der Waals surface area contributed by atoms with Crippen molar-refractivity contribution in [3.05, 3.63) is 205 Å². The number of hydrogen-bond acceptors (Lipinski definition) is 14. The highest BCUT2D eigenvalue weighted by molar-refractivity contribution is 7.91. The van der Waals surface area contributed by atoms with Gasteiger partial charge in [-0.3, -0.25) is 0 Å². The van der Waals surface area contributed by atoms with E-state index in [4.69, 9.17) is 51.7 Å². The molecule has 0 spiro atoms. The summed E-state index contributed by atoms with van der Waals surface area (Å²) in [5.74, 6) is 10.3. The number of unbranched alkanes of at least 4 members (excludes halogenated alkanes) is 1. The van der Waals surface area contributed by atoms with Crippen LogP contribution in [0, 0.1) is 49.4 Å². The lowest BCUT2D eigenvalue weighted by Crippen LogP contribution is -2.44. The van der Waals surface area contributed by atoms with Crippen LogP contribution >= 0.6 is 0 Å². The van der Waals surface area contributed by atoms with Gasteiger partial charge in [-0.15, -0.1) is 0 Å². The van der Waals surface area contributed by atoms with Gasteiger partial charge < -0.3 is 51.7 Å². The van der Waals surface area contributed by atoms with Crippen molar-refractivity contribution in [1.82, 2.24) is 0 Å². The van der Waals surface area contributed by atoms with Gasteiger partial charge in [-0.2, -0.15) is 0 Å². The molecule has 8 atom stereocenters. The van der Waals surface area contributed by atoms with Crippen molar-refractivity contribution < 1.29 is 39.9 Å². The second-order valence-electron chi connectivity index (χ2n) is 29.9. The Kier molecular flexibility index (Phi) is 31.8. The first kappa shape index (κ1) is 82.0. The van der Waals surface area contributed by atoms with E-state index < -0.39 is 36.3 Å². The number of nitrogens with two attached hydrogens (primary N) is 5. The quantitative estimate of drug-likeness (QED) is 0.0313. The second kappa shape index (κ2) is 39.6. The number of ether oxygens (including phenoxy) is 4. The van der Waals surface area contributed by atoms with E-state index in [1.54, 1.807) is 97.1 Å². The minimum Gasteiger partial charge on any atom is -0.457 e. The zero-order valence-electron chi connectivity index (χ0n) is 62.5. The Hall–Kier alpha value is -7.27. The van der Waals surface area contributed by atoms with Gasteiger partial charge in [0.15, 0.2) is 16.6 Å². The van der Waals surface area contributed by atoms with Gasteiger partial charge in [0.05, 0.1) is 19.6 Å².